The molecule has 1 rings (SSSR count). The van der Waals surface area contributed by atoms with E-state index < -0.39 is 18.0 Å². The van der Waals surface area contributed by atoms with Gasteiger partial charge in [0.1, 0.15) is 6.04 Å². The van der Waals surface area contributed by atoms with Crippen LogP contribution in [0.5, 0.6) is 0 Å². The number of carbonyl (C=O) groups excluding carboxylic acids is 1. The molecule has 1 aromatic carbocycles. The molecule has 0 saturated heterocycles. The van der Waals surface area contributed by atoms with Crippen LogP contribution in [-0.2, 0) is 4.79 Å². The van der Waals surface area contributed by atoms with E-state index in [0.29, 0.717) is 12.1 Å². The Morgan fingerprint density at radius 3 is 2.71 bits per heavy atom. The summed E-state index contributed by atoms with van der Waals surface area (Å²) in [6, 6.07) is 5.87. The number of amides is 2. The van der Waals surface area contributed by atoms with Crippen LogP contribution < -0.4 is 10.6 Å². The maximum absolute atomic E-state index is 11.5. The van der Waals surface area contributed by atoms with Gasteiger partial charge in [-0.05, 0) is 47.2 Å². The summed E-state index contributed by atoms with van der Waals surface area (Å²) >= 11 is 2.13. The maximum Gasteiger partial charge on any atom is 0.326 e. The third kappa shape index (κ3) is 4.59. The summed E-state index contributed by atoms with van der Waals surface area (Å²) in [5, 5.41) is 13.8. The van der Waals surface area contributed by atoms with Crippen LogP contribution in [0, 0.1) is 3.57 Å². The number of rotatable bonds is 4. The first kappa shape index (κ1) is 13.8. The van der Waals surface area contributed by atoms with Gasteiger partial charge in [0.15, 0.2) is 0 Å². The minimum absolute atomic E-state index is 0.342. The van der Waals surface area contributed by atoms with E-state index in [1.54, 1.807) is 19.1 Å². The third-order valence-electron chi connectivity index (χ3n) is 2.09. The van der Waals surface area contributed by atoms with Crippen LogP contribution in [-0.4, -0.2) is 23.1 Å². The Balaban J connectivity index is 2.58. The fourth-order valence-corrected chi connectivity index (χ4v) is 1.77. The van der Waals surface area contributed by atoms with Crippen molar-refractivity contribution < 1.29 is 14.7 Å². The topological polar surface area (TPSA) is 78.4 Å². The van der Waals surface area contributed by atoms with Gasteiger partial charge in [-0.2, -0.15) is 0 Å². The summed E-state index contributed by atoms with van der Waals surface area (Å²) in [6.45, 7) is 1.70. The molecular formula is C11H13IN2O3. The second kappa shape index (κ2) is 6.43. The molecule has 92 valence electrons. The average Bonchev–Trinajstić information content (AvgIpc) is 2.25. The first-order valence-corrected chi connectivity index (χ1v) is 6.16. The summed E-state index contributed by atoms with van der Waals surface area (Å²) in [6.07, 6.45) is 0.342. The number of nitrogens with one attached hydrogen (secondary N) is 2. The fourth-order valence-electron chi connectivity index (χ4n) is 1.23. The van der Waals surface area contributed by atoms with Crippen LogP contribution in [0.15, 0.2) is 24.3 Å². The Morgan fingerprint density at radius 1 is 1.47 bits per heavy atom. The number of benzene rings is 1. The molecule has 17 heavy (non-hydrogen) atoms. The van der Waals surface area contributed by atoms with Crippen LogP contribution in [0.3, 0.4) is 0 Å². The van der Waals surface area contributed by atoms with Gasteiger partial charge in [0.2, 0.25) is 0 Å². The van der Waals surface area contributed by atoms with Gasteiger partial charge in [-0.1, -0.05) is 13.0 Å². The molecule has 0 heterocycles. The summed E-state index contributed by atoms with van der Waals surface area (Å²) in [5.41, 5.74) is 0.634. The molecular weight excluding hydrogens is 335 g/mol. The number of hydrogen-bond acceptors (Lipinski definition) is 2. The second-order valence-corrected chi connectivity index (χ2v) is 4.65. The fraction of sp³-hybridized carbons (Fsp3) is 0.273. The molecule has 1 unspecified atom stereocenters. The summed E-state index contributed by atoms with van der Waals surface area (Å²) in [4.78, 5) is 22.2. The Labute approximate surface area is 113 Å². The van der Waals surface area contributed by atoms with E-state index >= 15 is 0 Å². The zero-order chi connectivity index (χ0) is 12.8. The SMILES string of the molecule is CCC(NC(=O)Nc1cccc(I)c1)C(=O)O. The smallest absolute Gasteiger partial charge is 0.326 e. The highest BCUT2D eigenvalue weighted by molar-refractivity contribution is 14.1. The molecule has 0 aromatic heterocycles. The van der Waals surface area contributed by atoms with Crippen molar-refractivity contribution in [3.05, 3.63) is 27.8 Å². The first-order valence-electron chi connectivity index (χ1n) is 5.08. The molecule has 0 fully saturated rings. The minimum Gasteiger partial charge on any atom is -0.480 e. The van der Waals surface area contributed by atoms with Crippen LogP contribution in [0.4, 0.5) is 10.5 Å². The van der Waals surface area contributed by atoms with Gasteiger partial charge in [-0.15, -0.1) is 0 Å². The van der Waals surface area contributed by atoms with E-state index in [4.69, 9.17) is 5.11 Å². The van der Waals surface area contributed by atoms with Crippen molar-refractivity contribution in [3.63, 3.8) is 0 Å². The lowest BCUT2D eigenvalue weighted by Gasteiger charge is -2.13. The monoisotopic (exact) mass is 348 g/mol. The van der Waals surface area contributed by atoms with Crippen molar-refractivity contribution in [3.8, 4) is 0 Å². The van der Waals surface area contributed by atoms with Gasteiger partial charge < -0.3 is 15.7 Å². The average molecular weight is 348 g/mol. The Hall–Kier alpha value is -1.31. The largest absolute Gasteiger partial charge is 0.480 e. The van der Waals surface area contributed by atoms with Crippen LogP contribution in [0.25, 0.3) is 0 Å². The van der Waals surface area contributed by atoms with E-state index in [0.717, 1.165) is 3.57 Å². The molecule has 0 radical (unpaired) electrons. The predicted octanol–water partition coefficient (Wildman–Crippen LogP) is 2.28. The zero-order valence-corrected chi connectivity index (χ0v) is 11.4. The number of hydrogen-bond donors (Lipinski definition) is 3. The number of halogens is 1. The van der Waals surface area contributed by atoms with Gasteiger partial charge in [0.05, 0.1) is 0 Å². The lowest BCUT2D eigenvalue weighted by molar-refractivity contribution is -0.139. The molecule has 0 aliphatic rings. The Kier molecular flexibility index (Phi) is 5.20. The molecule has 0 saturated carbocycles. The maximum atomic E-state index is 11.5. The number of carbonyl (C=O) groups is 2. The normalized spacial score (nSPS) is 11.6. The molecule has 6 heteroatoms. The molecule has 0 bridgehead atoms. The first-order chi connectivity index (χ1) is 8.02. The lowest BCUT2D eigenvalue weighted by Crippen LogP contribution is -2.42. The van der Waals surface area contributed by atoms with E-state index in [1.807, 2.05) is 12.1 Å². The van der Waals surface area contributed by atoms with Gasteiger partial charge in [-0.25, -0.2) is 9.59 Å². The zero-order valence-electron chi connectivity index (χ0n) is 9.24. The van der Waals surface area contributed by atoms with E-state index in [2.05, 4.69) is 33.2 Å². The molecule has 1 aromatic rings. The number of anilines is 1. The second-order valence-electron chi connectivity index (χ2n) is 3.41. The third-order valence-corrected chi connectivity index (χ3v) is 2.77. The van der Waals surface area contributed by atoms with Crippen molar-refractivity contribution in [2.24, 2.45) is 0 Å². The highest BCUT2D eigenvalue weighted by Crippen LogP contribution is 2.12. The van der Waals surface area contributed by atoms with Gasteiger partial charge >= 0.3 is 12.0 Å². The molecule has 1 atom stereocenters. The van der Waals surface area contributed by atoms with E-state index in [1.165, 1.54) is 0 Å². The van der Waals surface area contributed by atoms with Crippen LogP contribution in [0.1, 0.15) is 13.3 Å². The molecule has 0 aliphatic heterocycles. The van der Waals surface area contributed by atoms with E-state index in [9.17, 15) is 9.59 Å². The van der Waals surface area contributed by atoms with Crippen molar-refractivity contribution in [2.75, 3.05) is 5.32 Å². The highest BCUT2D eigenvalue weighted by Gasteiger charge is 2.17. The number of urea groups is 1. The lowest BCUT2D eigenvalue weighted by atomic mass is 10.2. The van der Waals surface area contributed by atoms with Crippen molar-refractivity contribution in [2.45, 2.75) is 19.4 Å². The Bertz CT molecular complexity index is 423. The van der Waals surface area contributed by atoms with Gasteiger partial charge in [-0.3, -0.25) is 0 Å². The van der Waals surface area contributed by atoms with E-state index in [-0.39, 0.29) is 0 Å². The minimum atomic E-state index is -1.04. The molecule has 0 spiro atoms. The van der Waals surface area contributed by atoms with Gasteiger partial charge in [0.25, 0.3) is 0 Å². The molecule has 0 aliphatic carbocycles. The highest BCUT2D eigenvalue weighted by atomic mass is 127. The predicted molar refractivity (Wildman–Crippen MR) is 73.0 cm³/mol. The Morgan fingerprint density at radius 2 is 2.18 bits per heavy atom. The van der Waals surface area contributed by atoms with Crippen LogP contribution in [0.2, 0.25) is 0 Å². The number of aliphatic carboxylic acids is 1. The molecule has 5 nitrogen and oxygen atoms in total. The molecule has 2 amide bonds. The van der Waals surface area contributed by atoms with Crippen LogP contribution >= 0.6 is 22.6 Å². The molecule has 3 N–H and O–H groups in total. The van der Waals surface area contributed by atoms with Gasteiger partial charge in [0, 0.05) is 9.26 Å². The summed E-state index contributed by atoms with van der Waals surface area (Å²) in [5.74, 6) is -1.04. The van der Waals surface area contributed by atoms with Crippen molar-refractivity contribution in [1.82, 2.24) is 5.32 Å². The standard InChI is InChI=1S/C11H13IN2O3/c1-2-9(10(15)16)14-11(17)13-8-5-3-4-7(12)6-8/h3-6,9H,2H2,1H3,(H,15,16)(H2,13,14,17). The number of carboxylic acids is 1. The summed E-state index contributed by atoms with van der Waals surface area (Å²) in [7, 11) is 0. The quantitative estimate of drug-likeness (QED) is 0.731. The van der Waals surface area contributed by atoms with Crippen molar-refractivity contribution in [1.29, 1.82) is 0 Å². The van der Waals surface area contributed by atoms with Crippen molar-refractivity contribution >= 4 is 40.3 Å². The number of carboxylic acid groups (broad SMARTS) is 1. The summed E-state index contributed by atoms with van der Waals surface area (Å²) < 4.78 is 0.991.